The van der Waals surface area contributed by atoms with Crippen LogP contribution in [0.1, 0.15) is 64.0 Å². The van der Waals surface area contributed by atoms with Crippen molar-refractivity contribution in [2.45, 2.75) is 77.4 Å². The minimum Gasteiger partial charge on any atom is -0.367 e. The molecule has 0 spiro atoms. The summed E-state index contributed by atoms with van der Waals surface area (Å²) in [6.45, 7) is 8.27. The van der Waals surface area contributed by atoms with Crippen molar-refractivity contribution in [3.63, 3.8) is 0 Å². The number of aryl methyl sites for hydroxylation is 1. The predicted octanol–water partition coefficient (Wildman–Crippen LogP) is 2.50. The smallest absolute Gasteiger partial charge is 0.225 e. The van der Waals surface area contributed by atoms with Crippen molar-refractivity contribution in [1.29, 1.82) is 0 Å². The first-order valence-corrected chi connectivity index (χ1v) is 14.5. The normalized spacial score (nSPS) is 20.4. The Morgan fingerprint density at radius 2 is 1.89 bits per heavy atom. The van der Waals surface area contributed by atoms with E-state index in [1.807, 2.05) is 24.0 Å². The molecule has 4 N–H and O–H groups in total. The molecule has 11 nitrogen and oxygen atoms in total. The SMILES string of the molecule is CNCCCNCCCn1cc(CNc2nccc(NC3CCN(C(=O)C4CCCCC4C)CC3)n2)nn1. The molecule has 0 aromatic carbocycles. The number of carbonyl (C=O) groups excluding carboxylic acids is 1. The zero-order chi connectivity index (χ0) is 26.6. The van der Waals surface area contributed by atoms with Crippen LogP contribution in [0.5, 0.6) is 0 Å². The lowest BCUT2D eigenvalue weighted by atomic mass is 9.79. The average molecular weight is 527 g/mol. The summed E-state index contributed by atoms with van der Waals surface area (Å²) in [5, 5.41) is 21.9. The highest BCUT2D eigenvalue weighted by molar-refractivity contribution is 5.79. The number of piperidine rings is 1. The van der Waals surface area contributed by atoms with Crippen LogP contribution in [0, 0.1) is 11.8 Å². The lowest BCUT2D eigenvalue weighted by Gasteiger charge is -2.37. The van der Waals surface area contributed by atoms with E-state index in [2.05, 4.69) is 53.4 Å². The number of hydrogen-bond donors (Lipinski definition) is 4. The van der Waals surface area contributed by atoms with E-state index in [9.17, 15) is 4.79 Å². The molecule has 1 aliphatic carbocycles. The highest BCUT2D eigenvalue weighted by atomic mass is 16.2. The summed E-state index contributed by atoms with van der Waals surface area (Å²) in [5.74, 6) is 2.48. The standard InChI is InChI=1S/C27H46N10O/c1-21-7-3-4-8-24(21)26(38)36-17-10-22(11-18-36)32-25-9-15-30-27(33-25)31-19-23-20-37(35-34-23)16-6-14-29-13-5-12-28-2/h9,15,20-22,24,28-29H,3-8,10-14,16-19H2,1-2H3,(H2,30,31,32,33). The lowest BCUT2D eigenvalue weighted by Crippen LogP contribution is -2.46. The summed E-state index contributed by atoms with van der Waals surface area (Å²) in [6, 6.07) is 2.21. The first-order chi connectivity index (χ1) is 18.6. The second kappa shape index (κ2) is 15.0. The van der Waals surface area contributed by atoms with Crippen molar-refractivity contribution >= 4 is 17.7 Å². The van der Waals surface area contributed by atoms with E-state index in [4.69, 9.17) is 0 Å². The van der Waals surface area contributed by atoms with Gasteiger partial charge in [-0.2, -0.15) is 4.98 Å². The number of aromatic nitrogens is 5. The Morgan fingerprint density at radius 1 is 1.08 bits per heavy atom. The van der Waals surface area contributed by atoms with Crippen LogP contribution in [-0.2, 0) is 17.9 Å². The van der Waals surface area contributed by atoms with Crippen molar-refractivity contribution in [2.75, 3.05) is 50.4 Å². The fourth-order valence-corrected chi connectivity index (χ4v) is 5.47. The Balaban J connectivity index is 1.15. The van der Waals surface area contributed by atoms with Crippen LogP contribution in [0.4, 0.5) is 11.8 Å². The monoisotopic (exact) mass is 526 g/mol. The van der Waals surface area contributed by atoms with Gasteiger partial charge in [0.15, 0.2) is 0 Å². The third-order valence-corrected chi connectivity index (χ3v) is 7.78. The molecule has 1 saturated carbocycles. The van der Waals surface area contributed by atoms with Crippen LogP contribution in [0.25, 0.3) is 0 Å². The van der Waals surface area contributed by atoms with Gasteiger partial charge in [0.05, 0.1) is 12.7 Å². The average Bonchev–Trinajstić information content (AvgIpc) is 3.40. The molecule has 2 atom stereocenters. The topological polar surface area (TPSA) is 125 Å². The maximum atomic E-state index is 13.0. The van der Waals surface area contributed by atoms with E-state index in [1.165, 1.54) is 19.3 Å². The van der Waals surface area contributed by atoms with Gasteiger partial charge in [0.2, 0.25) is 11.9 Å². The highest BCUT2D eigenvalue weighted by Gasteiger charge is 2.33. The first-order valence-electron chi connectivity index (χ1n) is 14.5. The summed E-state index contributed by atoms with van der Waals surface area (Å²) in [4.78, 5) is 24.1. The van der Waals surface area contributed by atoms with Gasteiger partial charge < -0.3 is 26.2 Å². The Kier molecular flexibility index (Phi) is 11.1. The van der Waals surface area contributed by atoms with Crippen LogP contribution >= 0.6 is 0 Å². The number of nitrogens with one attached hydrogen (secondary N) is 4. The van der Waals surface area contributed by atoms with Gasteiger partial charge in [-0.3, -0.25) is 9.48 Å². The van der Waals surface area contributed by atoms with Gasteiger partial charge >= 0.3 is 0 Å². The fraction of sp³-hybridized carbons (Fsp3) is 0.741. The largest absolute Gasteiger partial charge is 0.367 e. The van der Waals surface area contributed by atoms with Crippen LogP contribution in [0.2, 0.25) is 0 Å². The maximum Gasteiger partial charge on any atom is 0.225 e. The zero-order valence-corrected chi connectivity index (χ0v) is 23.2. The number of nitrogens with zero attached hydrogens (tertiary/aromatic N) is 6. The summed E-state index contributed by atoms with van der Waals surface area (Å²) < 4.78 is 1.89. The number of amides is 1. The molecule has 0 radical (unpaired) electrons. The number of carbonyl (C=O) groups is 1. The Labute approximate surface area is 226 Å². The predicted molar refractivity (Wildman–Crippen MR) is 150 cm³/mol. The highest BCUT2D eigenvalue weighted by Crippen LogP contribution is 2.31. The van der Waals surface area contributed by atoms with E-state index in [0.29, 0.717) is 30.4 Å². The van der Waals surface area contributed by atoms with Gasteiger partial charge in [0, 0.05) is 37.8 Å². The van der Waals surface area contributed by atoms with Crippen LogP contribution in [0.3, 0.4) is 0 Å². The molecule has 1 saturated heterocycles. The second-order valence-electron chi connectivity index (χ2n) is 10.8. The minimum atomic E-state index is 0.223. The summed E-state index contributed by atoms with van der Waals surface area (Å²) >= 11 is 0. The molecule has 4 rings (SSSR count). The van der Waals surface area contributed by atoms with Crippen LogP contribution in [0.15, 0.2) is 18.5 Å². The minimum absolute atomic E-state index is 0.223. The number of rotatable bonds is 14. The summed E-state index contributed by atoms with van der Waals surface area (Å²) in [6.07, 6.45) is 12.5. The van der Waals surface area contributed by atoms with Crippen molar-refractivity contribution in [2.24, 2.45) is 11.8 Å². The molecule has 11 heteroatoms. The Bertz CT molecular complexity index is 974. The van der Waals surface area contributed by atoms with E-state index in [1.54, 1.807) is 6.20 Å². The van der Waals surface area contributed by atoms with Crippen molar-refractivity contribution < 1.29 is 4.79 Å². The van der Waals surface area contributed by atoms with E-state index in [-0.39, 0.29) is 5.92 Å². The van der Waals surface area contributed by atoms with Crippen molar-refractivity contribution in [3.05, 3.63) is 24.2 Å². The molecule has 2 fully saturated rings. The molecule has 1 amide bonds. The molecule has 0 bridgehead atoms. The van der Waals surface area contributed by atoms with Gasteiger partial charge in [0.1, 0.15) is 11.5 Å². The first kappa shape index (κ1) is 28.2. The van der Waals surface area contributed by atoms with E-state index >= 15 is 0 Å². The number of hydrogen-bond acceptors (Lipinski definition) is 9. The molecule has 2 aromatic rings. The van der Waals surface area contributed by atoms with Gasteiger partial charge in [-0.25, -0.2) is 4.98 Å². The molecular formula is C27H46N10O. The van der Waals surface area contributed by atoms with Crippen LogP contribution < -0.4 is 21.3 Å². The molecule has 2 unspecified atom stereocenters. The molecule has 2 aliphatic rings. The van der Waals surface area contributed by atoms with Gasteiger partial charge in [-0.15, -0.1) is 5.10 Å². The van der Waals surface area contributed by atoms with E-state index in [0.717, 1.165) is 82.9 Å². The third kappa shape index (κ3) is 8.62. The zero-order valence-electron chi connectivity index (χ0n) is 23.2. The molecular weight excluding hydrogens is 480 g/mol. The molecule has 210 valence electrons. The Hall–Kier alpha value is -2.79. The van der Waals surface area contributed by atoms with Gasteiger partial charge in [-0.1, -0.05) is 25.0 Å². The quantitative estimate of drug-likeness (QED) is 0.275. The Morgan fingerprint density at radius 3 is 2.71 bits per heavy atom. The maximum absolute atomic E-state index is 13.0. The third-order valence-electron chi connectivity index (χ3n) is 7.78. The van der Waals surface area contributed by atoms with Gasteiger partial charge in [0.25, 0.3) is 0 Å². The van der Waals surface area contributed by atoms with Gasteiger partial charge in [-0.05, 0) is 77.2 Å². The lowest BCUT2D eigenvalue weighted by molar-refractivity contribution is -0.139. The molecule has 38 heavy (non-hydrogen) atoms. The molecule has 1 aliphatic heterocycles. The molecule has 3 heterocycles. The second-order valence-corrected chi connectivity index (χ2v) is 10.8. The van der Waals surface area contributed by atoms with E-state index < -0.39 is 0 Å². The van der Waals surface area contributed by atoms with Crippen molar-refractivity contribution in [3.8, 4) is 0 Å². The number of anilines is 2. The summed E-state index contributed by atoms with van der Waals surface area (Å²) in [5.41, 5.74) is 0.860. The fourth-order valence-electron chi connectivity index (χ4n) is 5.47. The number of likely N-dealkylation sites (tertiary alicyclic amines) is 1. The summed E-state index contributed by atoms with van der Waals surface area (Å²) in [7, 11) is 1.98. The van der Waals surface area contributed by atoms with Crippen molar-refractivity contribution in [1.82, 2.24) is 40.5 Å². The van der Waals surface area contributed by atoms with Crippen LogP contribution in [-0.4, -0.2) is 81.6 Å². The molecule has 2 aromatic heterocycles.